The number of alkyl halides is 1. The Labute approximate surface area is 84.7 Å². The topological polar surface area (TPSA) is 12.9 Å². The fraction of sp³-hybridized carbons (Fsp3) is 0.375. The standard InChI is InChI=1S/C8H10INS/c1-4-7-10-6(5-11-7)8(2,3)9/h4-5H,1H2,2-3H3. The first kappa shape index (κ1) is 9.19. The maximum Gasteiger partial charge on any atom is 0.115 e. The van der Waals surface area contributed by atoms with Crippen LogP contribution < -0.4 is 0 Å². The molecule has 0 amide bonds. The number of thiazole rings is 1. The zero-order chi connectivity index (χ0) is 8.48. The molecule has 0 saturated carbocycles. The molecule has 1 rings (SSSR count). The molecule has 0 spiro atoms. The molecule has 0 aliphatic carbocycles. The third-order valence-corrected chi connectivity index (χ3v) is 2.70. The van der Waals surface area contributed by atoms with Gasteiger partial charge in [0.1, 0.15) is 5.01 Å². The average molecular weight is 279 g/mol. The highest BCUT2D eigenvalue weighted by molar-refractivity contribution is 14.1. The monoisotopic (exact) mass is 279 g/mol. The lowest BCUT2D eigenvalue weighted by molar-refractivity contribution is 0.795. The van der Waals surface area contributed by atoms with E-state index in [4.69, 9.17) is 0 Å². The zero-order valence-corrected chi connectivity index (χ0v) is 9.57. The van der Waals surface area contributed by atoms with Gasteiger partial charge in [-0.1, -0.05) is 29.2 Å². The molecule has 0 N–H and O–H groups in total. The van der Waals surface area contributed by atoms with E-state index in [9.17, 15) is 0 Å². The number of hydrogen-bond acceptors (Lipinski definition) is 2. The van der Waals surface area contributed by atoms with E-state index in [1.807, 2.05) is 0 Å². The predicted molar refractivity (Wildman–Crippen MR) is 59.3 cm³/mol. The maximum absolute atomic E-state index is 4.39. The van der Waals surface area contributed by atoms with Crippen molar-refractivity contribution in [3.05, 3.63) is 22.7 Å². The summed E-state index contributed by atoms with van der Waals surface area (Å²) >= 11 is 4.02. The van der Waals surface area contributed by atoms with Crippen molar-refractivity contribution in [3.8, 4) is 0 Å². The van der Waals surface area contributed by atoms with Gasteiger partial charge < -0.3 is 0 Å². The summed E-state index contributed by atoms with van der Waals surface area (Å²) in [5.74, 6) is 0. The lowest BCUT2D eigenvalue weighted by atomic mass is 10.2. The van der Waals surface area contributed by atoms with Crippen molar-refractivity contribution in [1.82, 2.24) is 4.98 Å². The zero-order valence-electron chi connectivity index (χ0n) is 6.60. The van der Waals surface area contributed by atoms with Gasteiger partial charge in [0.05, 0.1) is 9.12 Å². The third kappa shape index (κ3) is 2.27. The van der Waals surface area contributed by atoms with E-state index < -0.39 is 0 Å². The highest BCUT2D eigenvalue weighted by atomic mass is 127. The van der Waals surface area contributed by atoms with Crippen LogP contribution in [0.15, 0.2) is 12.0 Å². The van der Waals surface area contributed by atoms with Crippen molar-refractivity contribution < 1.29 is 0 Å². The first-order valence-electron chi connectivity index (χ1n) is 3.31. The first-order valence-corrected chi connectivity index (χ1v) is 5.27. The molecule has 0 atom stereocenters. The molecule has 1 heterocycles. The second kappa shape index (κ2) is 3.23. The Balaban J connectivity index is 2.98. The van der Waals surface area contributed by atoms with Crippen LogP contribution in [0.25, 0.3) is 6.08 Å². The molecule has 0 bridgehead atoms. The summed E-state index contributed by atoms with van der Waals surface area (Å²) in [4.78, 5) is 4.39. The Morgan fingerprint density at radius 3 is 2.64 bits per heavy atom. The van der Waals surface area contributed by atoms with Crippen molar-refractivity contribution in [2.45, 2.75) is 17.3 Å². The second-order valence-electron chi connectivity index (χ2n) is 2.75. The van der Waals surface area contributed by atoms with Crippen LogP contribution in [-0.4, -0.2) is 4.98 Å². The molecule has 0 radical (unpaired) electrons. The minimum absolute atomic E-state index is 0.134. The Bertz CT molecular complexity index is 259. The summed E-state index contributed by atoms with van der Waals surface area (Å²) in [5, 5.41) is 3.09. The molecule has 60 valence electrons. The summed E-state index contributed by atoms with van der Waals surface area (Å²) in [6.45, 7) is 7.97. The SMILES string of the molecule is C=Cc1nc(C(C)(C)I)cs1. The van der Waals surface area contributed by atoms with Crippen molar-refractivity contribution in [3.63, 3.8) is 0 Å². The molecule has 0 aliphatic heterocycles. The van der Waals surface area contributed by atoms with E-state index in [1.54, 1.807) is 17.4 Å². The van der Waals surface area contributed by atoms with E-state index in [2.05, 4.69) is 53.4 Å². The summed E-state index contributed by atoms with van der Waals surface area (Å²) in [6, 6.07) is 0. The number of nitrogens with zero attached hydrogens (tertiary/aromatic N) is 1. The summed E-state index contributed by atoms with van der Waals surface area (Å²) in [6.07, 6.45) is 1.79. The molecule has 0 unspecified atom stereocenters. The first-order chi connectivity index (χ1) is 5.04. The summed E-state index contributed by atoms with van der Waals surface area (Å²) < 4.78 is 0.134. The van der Waals surface area contributed by atoms with Crippen molar-refractivity contribution in [2.24, 2.45) is 0 Å². The van der Waals surface area contributed by atoms with Gasteiger partial charge in [0.15, 0.2) is 0 Å². The molecule has 0 fully saturated rings. The van der Waals surface area contributed by atoms with Gasteiger partial charge >= 0.3 is 0 Å². The second-order valence-corrected chi connectivity index (χ2v) is 6.33. The minimum Gasteiger partial charge on any atom is -0.240 e. The van der Waals surface area contributed by atoms with E-state index >= 15 is 0 Å². The molecule has 1 aromatic rings. The highest BCUT2D eigenvalue weighted by Gasteiger charge is 2.18. The quantitative estimate of drug-likeness (QED) is 0.597. The van der Waals surface area contributed by atoms with Gasteiger partial charge in [-0.05, 0) is 19.9 Å². The van der Waals surface area contributed by atoms with Crippen LogP contribution in [0.1, 0.15) is 24.5 Å². The van der Waals surface area contributed by atoms with Crippen LogP contribution in [0.2, 0.25) is 0 Å². The van der Waals surface area contributed by atoms with Crippen molar-refractivity contribution in [1.29, 1.82) is 0 Å². The lowest BCUT2D eigenvalue weighted by Gasteiger charge is -2.11. The summed E-state index contributed by atoms with van der Waals surface area (Å²) in [7, 11) is 0. The molecular formula is C8H10INS. The van der Waals surface area contributed by atoms with Crippen LogP contribution in [0, 0.1) is 0 Å². The van der Waals surface area contributed by atoms with Crippen LogP contribution in [0.4, 0.5) is 0 Å². The van der Waals surface area contributed by atoms with Gasteiger partial charge in [-0.3, -0.25) is 0 Å². The van der Waals surface area contributed by atoms with Gasteiger partial charge in [-0.25, -0.2) is 4.98 Å². The average Bonchev–Trinajstić information content (AvgIpc) is 2.32. The van der Waals surface area contributed by atoms with Crippen LogP contribution in [0.3, 0.4) is 0 Å². The van der Waals surface area contributed by atoms with Gasteiger partial charge in [0.25, 0.3) is 0 Å². The van der Waals surface area contributed by atoms with Crippen LogP contribution >= 0.6 is 33.9 Å². The summed E-state index contributed by atoms with van der Waals surface area (Å²) in [5.41, 5.74) is 1.14. The van der Waals surface area contributed by atoms with Gasteiger partial charge in [0, 0.05) is 5.38 Å². The fourth-order valence-electron chi connectivity index (χ4n) is 0.654. The van der Waals surface area contributed by atoms with Crippen molar-refractivity contribution >= 4 is 40.0 Å². The van der Waals surface area contributed by atoms with Gasteiger partial charge in [-0.2, -0.15) is 0 Å². The van der Waals surface area contributed by atoms with E-state index in [1.165, 1.54) is 0 Å². The largest absolute Gasteiger partial charge is 0.240 e. The Kier molecular flexibility index (Phi) is 2.70. The molecule has 0 aromatic carbocycles. The van der Waals surface area contributed by atoms with E-state index in [-0.39, 0.29) is 3.42 Å². The van der Waals surface area contributed by atoms with Gasteiger partial charge in [-0.15, -0.1) is 11.3 Å². The molecule has 0 aliphatic rings. The molecule has 1 aromatic heterocycles. The van der Waals surface area contributed by atoms with Crippen LogP contribution in [0.5, 0.6) is 0 Å². The Morgan fingerprint density at radius 1 is 1.73 bits per heavy atom. The molecule has 11 heavy (non-hydrogen) atoms. The van der Waals surface area contributed by atoms with Gasteiger partial charge in [0.2, 0.25) is 0 Å². The number of aromatic nitrogens is 1. The van der Waals surface area contributed by atoms with Crippen LogP contribution in [-0.2, 0) is 3.42 Å². The minimum atomic E-state index is 0.134. The Morgan fingerprint density at radius 2 is 2.36 bits per heavy atom. The van der Waals surface area contributed by atoms with E-state index in [0.29, 0.717) is 0 Å². The number of hydrogen-bond donors (Lipinski definition) is 0. The fourth-order valence-corrected chi connectivity index (χ4v) is 1.97. The Hall–Kier alpha value is 0.1000. The molecule has 1 nitrogen and oxygen atoms in total. The number of halogens is 1. The molecular weight excluding hydrogens is 269 g/mol. The van der Waals surface area contributed by atoms with E-state index in [0.717, 1.165) is 10.7 Å². The highest BCUT2D eigenvalue weighted by Crippen LogP contribution is 2.31. The predicted octanol–water partition coefficient (Wildman–Crippen LogP) is 3.46. The maximum atomic E-state index is 4.39. The number of rotatable bonds is 2. The molecule has 3 heteroatoms. The third-order valence-electron chi connectivity index (χ3n) is 1.31. The van der Waals surface area contributed by atoms with Crippen molar-refractivity contribution in [2.75, 3.05) is 0 Å². The smallest absolute Gasteiger partial charge is 0.115 e. The normalized spacial score (nSPS) is 11.5. The molecule has 0 saturated heterocycles. The lowest BCUT2D eigenvalue weighted by Crippen LogP contribution is -2.06.